The molecule has 0 radical (unpaired) electrons. The number of rotatable bonds is 10. The van der Waals surface area contributed by atoms with Gasteiger partial charge in [0, 0.05) is 45.0 Å². The van der Waals surface area contributed by atoms with Crippen molar-refractivity contribution in [2.75, 3.05) is 50.8 Å². The van der Waals surface area contributed by atoms with Crippen molar-refractivity contribution in [1.29, 1.82) is 0 Å². The molecule has 0 unspecified atom stereocenters. The van der Waals surface area contributed by atoms with Crippen molar-refractivity contribution in [2.45, 2.75) is 65.1 Å². The van der Waals surface area contributed by atoms with E-state index in [1.54, 1.807) is 0 Å². The second-order valence-electron chi connectivity index (χ2n) is 9.26. The average molecular weight is 435 g/mol. The minimum absolute atomic E-state index is 0.252. The number of piperazine rings is 1. The van der Waals surface area contributed by atoms with Crippen molar-refractivity contribution < 1.29 is 14.0 Å². The summed E-state index contributed by atoms with van der Waals surface area (Å²) in [5.41, 5.74) is 3.68. The Morgan fingerprint density at radius 3 is 1.93 bits per heavy atom. The van der Waals surface area contributed by atoms with E-state index in [0.29, 0.717) is 28.8 Å². The Balaban J connectivity index is 1.84. The van der Waals surface area contributed by atoms with E-state index in [9.17, 15) is 4.79 Å². The second-order valence-corrected chi connectivity index (χ2v) is 14.7. The molecule has 30 heavy (non-hydrogen) atoms. The van der Waals surface area contributed by atoms with Crippen LogP contribution in [0.1, 0.15) is 58.8 Å². The molecule has 1 heterocycles. The highest BCUT2D eigenvalue weighted by molar-refractivity contribution is 6.77. The van der Waals surface area contributed by atoms with E-state index < -0.39 is 8.32 Å². The molecule has 0 spiro atoms. The number of esters is 1. The van der Waals surface area contributed by atoms with Crippen molar-refractivity contribution in [3.63, 3.8) is 0 Å². The van der Waals surface area contributed by atoms with Crippen LogP contribution in [-0.4, -0.2) is 65.1 Å². The van der Waals surface area contributed by atoms with Gasteiger partial charge >= 0.3 is 5.97 Å². The van der Waals surface area contributed by atoms with Crippen LogP contribution in [0.2, 0.25) is 16.6 Å². The first-order valence-corrected chi connectivity index (χ1v) is 13.7. The maximum atomic E-state index is 11.8. The molecule has 0 bridgehead atoms. The number of carbonyl (C=O) groups is 1. The van der Waals surface area contributed by atoms with Crippen LogP contribution in [0.25, 0.3) is 0 Å². The summed E-state index contributed by atoms with van der Waals surface area (Å²) in [5.74, 6) is -0.252. The van der Waals surface area contributed by atoms with Gasteiger partial charge < -0.3 is 14.1 Å². The molecule has 1 aliphatic rings. The molecule has 1 aromatic carbocycles. The van der Waals surface area contributed by atoms with E-state index in [4.69, 9.17) is 9.16 Å². The Labute approximate surface area is 184 Å². The van der Waals surface area contributed by atoms with Gasteiger partial charge in [0.15, 0.2) is 8.32 Å². The summed E-state index contributed by atoms with van der Waals surface area (Å²) in [6.45, 7) is 22.2. The fraction of sp³-hybridized carbons (Fsp3) is 0.708. The topological polar surface area (TPSA) is 42.0 Å². The van der Waals surface area contributed by atoms with E-state index in [1.165, 1.54) is 5.69 Å². The molecule has 2 rings (SSSR count). The molecule has 0 saturated carbocycles. The van der Waals surface area contributed by atoms with Crippen LogP contribution in [0.5, 0.6) is 0 Å². The van der Waals surface area contributed by atoms with Crippen LogP contribution in [0.4, 0.5) is 5.69 Å². The molecule has 5 nitrogen and oxygen atoms in total. The zero-order valence-electron chi connectivity index (χ0n) is 20.1. The molecule has 0 N–H and O–H groups in total. The Morgan fingerprint density at radius 1 is 0.933 bits per heavy atom. The zero-order valence-corrected chi connectivity index (χ0v) is 21.1. The number of hydrogen-bond donors (Lipinski definition) is 0. The predicted octanol–water partition coefficient (Wildman–Crippen LogP) is 5.18. The summed E-state index contributed by atoms with van der Waals surface area (Å²) in [4.78, 5) is 16.7. The van der Waals surface area contributed by atoms with Gasteiger partial charge in [-0.3, -0.25) is 4.90 Å². The maximum Gasteiger partial charge on any atom is 0.338 e. The van der Waals surface area contributed by atoms with E-state index in [-0.39, 0.29) is 5.97 Å². The predicted molar refractivity (Wildman–Crippen MR) is 128 cm³/mol. The fourth-order valence-corrected chi connectivity index (χ4v) is 10.5. The van der Waals surface area contributed by atoms with Crippen molar-refractivity contribution >= 4 is 20.0 Å². The summed E-state index contributed by atoms with van der Waals surface area (Å²) >= 11 is 0. The lowest BCUT2D eigenvalue weighted by atomic mass is 10.2. The lowest BCUT2D eigenvalue weighted by Gasteiger charge is -2.43. The zero-order chi connectivity index (χ0) is 22.3. The van der Waals surface area contributed by atoms with Gasteiger partial charge in [-0.15, -0.1) is 0 Å². The molecular formula is C24H42N2O3Si. The fourth-order valence-electron chi connectivity index (χ4n) is 5.10. The Bertz CT molecular complexity index is 631. The Kier molecular flexibility index (Phi) is 9.38. The van der Waals surface area contributed by atoms with E-state index in [0.717, 1.165) is 39.3 Å². The van der Waals surface area contributed by atoms with Gasteiger partial charge in [-0.1, -0.05) is 41.5 Å². The van der Waals surface area contributed by atoms with Gasteiger partial charge in [-0.25, -0.2) is 4.79 Å². The van der Waals surface area contributed by atoms with Crippen molar-refractivity contribution in [3.8, 4) is 0 Å². The molecule has 0 atom stereocenters. The summed E-state index contributed by atoms with van der Waals surface area (Å²) in [6.07, 6.45) is 0. The maximum absolute atomic E-state index is 11.8. The molecule has 170 valence electrons. The lowest BCUT2D eigenvalue weighted by molar-refractivity contribution is 0.0526. The molecule has 0 aromatic heterocycles. The summed E-state index contributed by atoms with van der Waals surface area (Å²) < 4.78 is 11.8. The minimum atomic E-state index is -1.77. The third kappa shape index (κ3) is 5.86. The van der Waals surface area contributed by atoms with Crippen LogP contribution < -0.4 is 4.90 Å². The van der Waals surface area contributed by atoms with Crippen LogP contribution in [0, 0.1) is 0 Å². The van der Waals surface area contributed by atoms with Crippen molar-refractivity contribution in [3.05, 3.63) is 29.8 Å². The molecule has 1 fully saturated rings. The summed E-state index contributed by atoms with van der Waals surface area (Å²) in [6, 6.07) is 7.78. The first-order chi connectivity index (χ1) is 14.2. The van der Waals surface area contributed by atoms with E-state index in [2.05, 4.69) is 51.3 Å². The highest BCUT2D eigenvalue weighted by Crippen LogP contribution is 2.42. The largest absolute Gasteiger partial charge is 0.462 e. The molecule has 0 amide bonds. The van der Waals surface area contributed by atoms with Gasteiger partial charge in [0.05, 0.1) is 12.2 Å². The monoisotopic (exact) mass is 434 g/mol. The van der Waals surface area contributed by atoms with Gasteiger partial charge in [0.2, 0.25) is 0 Å². The SMILES string of the molecule is CCOC(=O)c1ccc(N2CCN(CCO[Si](C(C)C)(C(C)C)C(C)C)CC2)cc1. The third-order valence-electron chi connectivity index (χ3n) is 6.58. The van der Waals surface area contributed by atoms with Gasteiger partial charge in [0.1, 0.15) is 0 Å². The van der Waals surface area contributed by atoms with Gasteiger partial charge in [-0.05, 0) is 47.8 Å². The van der Waals surface area contributed by atoms with Crippen molar-refractivity contribution in [1.82, 2.24) is 4.90 Å². The third-order valence-corrected chi connectivity index (χ3v) is 12.7. The van der Waals surface area contributed by atoms with Crippen molar-refractivity contribution in [2.24, 2.45) is 0 Å². The number of carbonyl (C=O) groups excluding carboxylic acids is 1. The first-order valence-electron chi connectivity index (χ1n) is 11.6. The van der Waals surface area contributed by atoms with E-state index >= 15 is 0 Å². The van der Waals surface area contributed by atoms with E-state index in [1.807, 2.05) is 31.2 Å². The molecule has 1 saturated heterocycles. The standard InChI is InChI=1S/C24H42N2O3Si/c1-8-28-24(27)22-9-11-23(12-10-22)26-15-13-25(14-16-26)17-18-29-30(19(2)3,20(4)5)21(6)7/h9-12,19-21H,8,13-18H2,1-7H3. The minimum Gasteiger partial charge on any atom is -0.462 e. The molecule has 1 aromatic rings. The quantitative estimate of drug-likeness (QED) is 0.375. The number of ether oxygens (including phenoxy) is 1. The highest BCUT2D eigenvalue weighted by atomic mass is 28.4. The van der Waals surface area contributed by atoms with Crippen LogP contribution in [-0.2, 0) is 9.16 Å². The lowest BCUT2D eigenvalue weighted by Crippen LogP contribution is -2.51. The second kappa shape index (κ2) is 11.3. The molecule has 1 aliphatic heterocycles. The molecular weight excluding hydrogens is 392 g/mol. The number of benzene rings is 1. The Hall–Kier alpha value is -1.37. The van der Waals surface area contributed by atoms with Gasteiger partial charge in [-0.2, -0.15) is 0 Å². The number of anilines is 1. The van der Waals surface area contributed by atoms with Crippen LogP contribution >= 0.6 is 0 Å². The highest BCUT2D eigenvalue weighted by Gasteiger charge is 2.44. The van der Waals surface area contributed by atoms with Crippen LogP contribution in [0.15, 0.2) is 24.3 Å². The smallest absolute Gasteiger partial charge is 0.338 e. The number of nitrogens with zero attached hydrogens (tertiary/aromatic N) is 2. The average Bonchev–Trinajstić information content (AvgIpc) is 2.71. The Morgan fingerprint density at radius 2 is 1.47 bits per heavy atom. The number of hydrogen-bond acceptors (Lipinski definition) is 5. The summed E-state index contributed by atoms with van der Waals surface area (Å²) in [5, 5.41) is 0. The first kappa shape index (κ1) is 24.9. The van der Waals surface area contributed by atoms with Crippen LogP contribution in [0.3, 0.4) is 0 Å². The molecule has 6 heteroatoms. The normalized spacial score (nSPS) is 16.0. The summed E-state index contributed by atoms with van der Waals surface area (Å²) in [7, 11) is -1.77. The molecule has 0 aliphatic carbocycles. The van der Waals surface area contributed by atoms with Gasteiger partial charge in [0.25, 0.3) is 0 Å².